The molecule has 0 amide bonds. The number of hydrazine groups is 1. The molecule has 1 aliphatic rings. The summed E-state index contributed by atoms with van der Waals surface area (Å²) in [5.74, 6) is -1.53. The molecule has 2 atom stereocenters. The van der Waals surface area contributed by atoms with Crippen molar-refractivity contribution in [1.82, 2.24) is 10.4 Å². The van der Waals surface area contributed by atoms with E-state index in [0.29, 0.717) is 24.2 Å². The molecular weight excluding hydrogens is 234 g/mol. The molecule has 0 saturated carbocycles. The molecule has 1 aromatic carbocycles. The average Bonchev–Trinajstić information content (AvgIpc) is 2.33. The van der Waals surface area contributed by atoms with Crippen LogP contribution in [0.4, 0.5) is 8.78 Å². The SMILES string of the molecule is CC1CCCC(C)N1NCc1cccc(F)c1F. The third kappa shape index (κ3) is 2.87. The van der Waals surface area contributed by atoms with Crippen LogP contribution in [0, 0.1) is 11.6 Å². The first-order valence-electron chi connectivity index (χ1n) is 6.54. The van der Waals surface area contributed by atoms with E-state index in [1.54, 1.807) is 12.1 Å². The van der Waals surface area contributed by atoms with E-state index < -0.39 is 11.6 Å². The molecule has 1 aromatic rings. The van der Waals surface area contributed by atoms with E-state index in [1.807, 2.05) is 0 Å². The van der Waals surface area contributed by atoms with Gasteiger partial charge in [0.1, 0.15) is 0 Å². The summed E-state index contributed by atoms with van der Waals surface area (Å²) >= 11 is 0. The first-order valence-corrected chi connectivity index (χ1v) is 6.54. The minimum atomic E-state index is -0.783. The van der Waals surface area contributed by atoms with Gasteiger partial charge in [0.05, 0.1) is 0 Å². The lowest BCUT2D eigenvalue weighted by Crippen LogP contribution is -2.51. The van der Waals surface area contributed by atoms with Gasteiger partial charge in [0.15, 0.2) is 11.6 Å². The second-order valence-electron chi connectivity index (χ2n) is 5.08. The van der Waals surface area contributed by atoms with Gasteiger partial charge in [-0.1, -0.05) is 18.6 Å². The van der Waals surface area contributed by atoms with Gasteiger partial charge < -0.3 is 0 Å². The van der Waals surface area contributed by atoms with E-state index in [-0.39, 0.29) is 0 Å². The maximum Gasteiger partial charge on any atom is 0.163 e. The average molecular weight is 254 g/mol. The number of hydrogen-bond acceptors (Lipinski definition) is 2. The quantitative estimate of drug-likeness (QED) is 0.891. The van der Waals surface area contributed by atoms with E-state index in [2.05, 4.69) is 24.3 Å². The van der Waals surface area contributed by atoms with Gasteiger partial charge >= 0.3 is 0 Å². The summed E-state index contributed by atoms with van der Waals surface area (Å²) in [5.41, 5.74) is 3.61. The normalized spacial score (nSPS) is 25.3. The molecule has 1 saturated heterocycles. The molecule has 1 fully saturated rings. The topological polar surface area (TPSA) is 15.3 Å². The van der Waals surface area contributed by atoms with Crippen molar-refractivity contribution in [2.75, 3.05) is 0 Å². The third-order valence-corrected chi connectivity index (χ3v) is 3.68. The fourth-order valence-electron chi connectivity index (χ4n) is 2.59. The van der Waals surface area contributed by atoms with Crippen LogP contribution >= 0.6 is 0 Å². The van der Waals surface area contributed by atoms with Crippen molar-refractivity contribution in [3.63, 3.8) is 0 Å². The molecule has 0 aromatic heterocycles. The minimum absolute atomic E-state index is 0.332. The van der Waals surface area contributed by atoms with Crippen molar-refractivity contribution < 1.29 is 8.78 Å². The zero-order valence-electron chi connectivity index (χ0n) is 10.9. The maximum atomic E-state index is 13.5. The highest BCUT2D eigenvalue weighted by atomic mass is 19.2. The van der Waals surface area contributed by atoms with E-state index in [1.165, 1.54) is 6.42 Å². The van der Waals surface area contributed by atoms with Crippen molar-refractivity contribution in [3.05, 3.63) is 35.4 Å². The third-order valence-electron chi connectivity index (χ3n) is 3.68. The number of nitrogens with one attached hydrogen (secondary N) is 1. The summed E-state index contributed by atoms with van der Waals surface area (Å²) in [5, 5.41) is 2.16. The minimum Gasteiger partial charge on any atom is -0.250 e. The lowest BCUT2D eigenvalue weighted by molar-refractivity contribution is 0.0431. The largest absolute Gasteiger partial charge is 0.250 e. The zero-order chi connectivity index (χ0) is 13.1. The van der Waals surface area contributed by atoms with Crippen LogP contribution in [0.1, 0.15) is 38.7 Å². The molecule has 1 aliphatic heterocycles. The van der Waals surface area contributed by atoms with Gasteiger partial charge in [-0.2, -0.15) is 0 Å². The molecule has 2 rings (SSSR count). The Kier molecular flexibility index (Phi) is 4.30. The molecular formula is C14H20F2N2. The van der Waals surface area contributed by atoms with Crippen molar-refractivity contribution >= 4 is 0 Å². The molecule has 1 heterocycles. The number of rotatable bonds is 3. The Labute approximate surface area is 107 Å². The predicted octanol–water partition coefficient (Wildman–Crippen LogP) is 3.23. The monoisotopic (exact) mass is 254 g/mol. The van der Waals surface area contributed by atoms with Gasteiger partial charge in [-0.3, -0.25) is 5.43 Å². The van der Waals surface area contributed by atoms with E-state index in [4.69, 9.17) is 0 Å². The zero-order valence-corrected chi connectivity index (χ0v) is 10.9. The van der Waals surface area contributed by atoms with Crippen LogP contribution in [0.25, 0.3) is 0 Å². The molecule has 18 heavy (non-hydrogen) atoms. The first kappa shape index (κ1) is 13.4. The highest BCUT2D eigenvalue weighted by Crippen LogP contribution is 2.21. The Bertz CT molecular complexity index is 399. The molecule has 0 bridgehead atoms. The van der Waals surface area contributed by atoms with Crippen LogP contribution in [-0.2, 0) is 6.54 Å². The summed E-state index contributed by atoms with van der Waals surface area (Å²) in [6.07, 6.45) is 3.51. The van der Waals surface area contributed by atoms with Crippen LogP contribution in [0.3, 0.4) is 0 Å². The first-order chi connectivity index (χ1) is 8.59. The summed E-state index contributed by atoms with van der Waals surface area (Å²) < 4.78 is 26.6. The molecule has 2 nitrogen and oxygen atoms in total. The molecule has 0 aliphatic carbocycles. The predicted molar refractivity (Wildman–Crippen MR) is 67.8 cm³/mol. The van der Waals surface area contributed by atoms with Gasteiger partial charge in [-0.25, -0.2) is 13.8 Å². The van der Waals surface area contributed by atoms with Crippen LogP contribution in [0.5, 0.6) is 0 Å². The highest BCUT2D eigenvalue weighted by Gasteiger charge is 2.24. The van der Waals surface area contributed by atoms with Crippen molar-refractivity contribution in [2.45, 2.75) is 51.7 Å². The summed E-state index contributed by atoms with van der Waals surface area (Å²) in [4.78, 5) is 0. The Balaban J connectivity index is 2.00. The summed E-state index contributed by atoms with van der Waals surface area (Å²) in [6.45, 7) is 4.65. The Hall–Kier alpha value is -1.00. The van der Waals surface area contributed by atoms with Gasteiger partial charge in [-0.05, 0) is 32.8 Å². The Morgan fingerprint density at radius 2 is 1.89 bits per heavy atom. The number of nitrogens with zero attached hydrogens (tertiary/aromatic N) is 1. The maximum absolute atomic E-state index is 13.5. The molecule has 2 unspecified atom stereocenters. The molecule has 0 radical (unpaired) electrons. The van der Waals surface area contributed by atoms with Gasteiger partial charge in [-0.15, -0.1) is 0 Å². The van der Waals surface area contributed by atoms with Gasteiger partial charge in [0, 0.05) is 24.2 Å². The second-order valence-corrected chi connectivity index (χ2v) is 5.08. The van der Waals surface area contributed by atoms with Gasteiger partial charge in [0.25, 0.3) is 0 Å². The molecule has 0 spiro atoms. The lowest BCUT2D eigenvalue weighted by Gasteiger charge is -2.39. The summed E-state index contributed by atoms with van der Waals surface area (Å²) in [7, 11) is 0. The summed E-state index contributed by atoms with van der Waals surface area (Å²) in [6, 6.07) is 5.17. The fourth-order valence-corrected chi connectivity index (χ4v) is 2.59. The lowest BCUT2D eigenvalue weighted by atomic mass is 10.00. The number of piperidine rings is 1. The van der Waals surface area contributed by atoms with E-state index in [9.17, 15) is 8.78 Å². The number of halogens is 2. The van der Waals surface area contributed by atoms with E-state index in [0.717, 1.165) is 18.9 Å². The molecule has 4 heteroatoms. The Morgan fingerprint density at radius 1 is 1.22 bits per heavy atom. The number of benzene rings is 1. The number of hydrogen-bond donors (Lipinski definition) is 1. The van der Waals surface area contributed by atoms with E-state index >= 15 is 0 Å². The van der Waals surface area contributed by atoms with Crippen LogP contribution in [-0.4, -0.2) is 17.1 Å². The smallest absolute Gasteiger partial charge is 0.163 e. The van der Waals surface area contributed by atoms with Crippen LogP contribution in [0.15, 0.2) is 18.2 Å². The van der Waals surface area contributed by atoms with Crippen LogP contribution in [0.2, 0.25) is 0 Å². The van der Waals surface area contributed by atoms with Crippen molar-refractivity contribution in [1.29, 1.82) is 0 Å². The van der Waals surface area contributed by atoms with Crippen molar-refractivity contribution in [3.8, 4) is 0 Å². The second kappa shape index (κ2) is 5.76. The molecule has 100 valence electrons. The molecule has 1 N–H and O–H groups in total. The van der Waals surface area contributed by atoms with Gasteiger partial charge in [0.2, 0.25) is 0 Å². The van der Waals surface area contributed by atoms with Crippen molar-refractivity contribution in [2.24, 2.45) is 0 Å². The highest BCUT2D eigenvalue weighted by molar-refractivity contribution is 5.18. The standard InChI is InChI=1S/C14H20F2N2/c1-10-5-3-6-11(2)18(10)17-9-12-7-4-8-13(15)14(12)16/h4,7-8,10-11,17H,3,5-6,9H2,1-2H3. The fraction of sp³-hybridized carbons (Fsp3) is 0.571. The van der Waals surface area contributed by atoms with Crippen LogP contribution < -0.4 is 5.43 Å². The Morgan fingerprint density at radius 3 is 2.56 bits per heavy atom.